The molecule has 0 aromatic carbocycles. The molecule has 16 heavy (non-hydrogen) atoms. The van der Waals surface area contributed by atoms with Gasteiger partial charge in [-0.3, -0.25) is 4.79 Å². The van der Waals surface area contributed by atoms with Crippen LogP contribution in [0, 0.1) is 11.8 Å². The van der Waals surface area contributed by atoms with E-state index in [0.29, 0.717) is 12.5 Å². The molecule has 0 saturated carbocycles. The molecule has 1 saturated heterocycles. The molecule has 2 rings (SSSR count). The maximum absolute atomic E-state index is 11.8. The molecule has 1 fully saturated rings. The van der Waals surface area contributed by atoms with E-state index in [1.165, 1.54) is 0 Å². The standard InChI is InChI=1S/C12H19N3O/c1-10(11-8-13-9-11)12(16)14-4-7-15-5-2-3-6-15/h2-3,5-6,10-11,13H,4,7-9H2,1H3,(H,14,16). The minimum absolute atomic E-state index is 0.130. The van der Waals surface area contributed by atoms with Crippen molar-refractivity contribution < 1.29 is 4.79 Å². The first kappa shape index (κ1) is 11.2. The minimum atomic E-state index is 0.130. The summed E-state index contributed by atoms with van der Waals surface area (Å²) in [7, 11) is 0. The van der Waals surface area contributed by atoms with Gasteiger partial charge in [0.2, 0.25) is 5.91 Å². The van der Waals surface area contributed by atoms with Crippen LogP contribution in [0.3, 0.4) is 0 Å². The van der Waals surface area contributed by atoms with E-state index in [9.17, 15) is 4.79 Å². The summed E-state index contributed by atoms with van der Waals surface area (Å²) in [6, 6.07) is 3.98. The van der Waals surface area contributed by atoms with E-state index in [1.54, 1.807) is 0 Å². The molecule has 2 N–H and O–H groups in total. The number of hydrogen-bond acceptors (Lipinski definition) is 2. The van der Waals surface area contributed by atoms with Gasteiger partial charge in [-0.15, -0.1) is 0 Å². The van der Waals surface area contributed by atoms with Gasteiger partial charge >= 0.3 is 0 Å². The maximum atomic E-state index is 11.8. The van der Waals surface area contributed by atoms with Crippen molar-refractivity contribution in [1.29, 1.82) is 0 Å². The van der Waals surface area contributed by atoms with E-state index in [2.05, 4.69) is 15.2 Å². The zero-order chi connectivity index (χ0) is 11.4. The van der Waals surface area contributed by atoms with Crippen molar-refractivity contribution in [3.8, 4) is 0 Å². The quantitative estimate of drug-likeness (QED) is 0.759. The molecular formula is C12H19N3O. The fraction of sp³-hybridized carbons (Fsp3) is 0.583. The molecule has 0 spiro atoms. The lowest BCUT2D eigenvalue weighted by Gasteiger charge is -2.31. The van der Waals surface area contributed by atoms with Gasteiger partial charge < -0.3 is 15.2 Å². The Hall–Kier alpha value is -1.29. The lowest BCUT2D eigenvalue weighted by molar-refractivity contribution is -0.126. The van der Waals surface area contributed by atoms with Crippen LogP contribution in [0.5, 0.6) is 0 Å². The van der Waals surface area contributed by atoms with Crippen molar-refractivity contribution in [2.45, 2.75) is 13.5 Å². The molecule has 0 aliphatic carbocycles. The van der Waals surface area contributed by atoms with E-state index in [0.717, 1.165) is 19.6 Å². The average Bonchev–Trinajstić information content (AvgIpc) is 2.67. The Kier molecular flexibility index (Phi) is 3.62. The number of carbonyl (C=O) groups excluding carboxylic acids is 1. The summed E-state index contributed by atoms with van der Waals surface area (Å²) in [5.74, 6) is 0.830. The second-order valence-corrected chi connectivity index (χ2v) is 4.42. The fourth-order valence-corrected chi connectivity index (χ4v) is 1.87. The highest BCUT2D eigenvalue weighted by Gasteiger charge is 2.28. The van der Waals surface area contributed by atoms with Crippen LogP contribution in [0.4, 0.5) is 0 Å². The number of nitrogens with one attached hydrogen (secondary N) is 2. The molecule has 1 amide bonds. The van der Waals surface area contributed by atoms with Crippen LogP contribution in [-0.4, -0.2) is 30.1 Å². The number of hydrogen-bond donors (Lipinski definition) is 2. The Morgan fingerprint density at radius 3 is 2.75 bits per heavy atom. The topological polar surface area (TPSA) is 46.1 Å². The predicted octanol–water partition coefficient (Wildman–Crippen LogP) is 0.460. The smallest absolute Gasteiger partial charge is 0.223 e. The number of carbonyl (C=O) groups is 1. The average molecular weight is 221 g/mol. The van der Waals surface area contributed by atoms with E-state index in [4.69, 9.17) is 0 Å². The van der Waals surface area contributed by atoms with E-state index >= 15 is 0 Å². The van der Waals surface area contributed by atoms with Crippen LogP contribution in [0.2, 0.25) is 0 Å². The van der Waals surface area contributed by atoms with Crippen LogP contribution in [0.15, 0.2) is 24.5 Å². The molecule has 2 heterocycles. The largest absolute Gasteiger partial charge is 0.354 e. The normalized spacial score (nSPS) is 17.8. The highest BCUT2D eigenvalue weighted by atomic mass is 16.1. The highest BCUT2D eigenvalue weighted by Crippen LogP contribution is 2.15. The molecule has 0 radical (unpaired) electrons. The monoisotopic (exact) mass is 221 g/mol. The van der Waals surface area contributed by atoms with Crippen LogP contribution in [0.1, 0.15) is 6.92 Å². The fourth-order valence-electron chi connectivity index (χ4n) is 1.87. The molecule has 88 valence electrons. The van der Waals surface area contributed by atoms with Crippen molar-refractivity contribution in [2.75, 3.05) is 19.6 Å². The Morgan fingerprint density at radius 1 is 1.50 bits per heavy atom. The molecule has 4 nitrogen and oxygen atoms in total. The Morgan fingerprint density at radius 2 is 2.19 bits per heavy atom. The van der Waals surface area contributed by atoms with Gasteiger partial charge in [0.15, 0.2) is 0 Å². The maximum Gasteiger partial charge on any atom is 0.223 e. The minimum Gasteiger partial charge on any atom is -0.354 e. The van der Waals surface area contributed by atoms with Gasteiger partial charge in [0.25, 0.3) is 0 Å². The first-order chi connectivity index (χ1) is 7.77. The van der Waals surface area contributed by atoms with Crippen LogP contribution in [0.25, 0.3) is 0 Å². The predicted molar refractivity (Wildman–Crippen MR) is 63.0 cm³/mol. The van der Waals surface area contributed by atoms with Gasteiger partial charge in [-0.2, -0.15) is 0 Å². The van der Waals surface area contributed by atoms with Crippen molar-refractivity contribution in [1.82, 2.24) is 15.2 Å². The summed E-state index contributed by atoms with van der Waals surface area (Å²) >= 11 is 0. The molecular weight excluding hydrogens is 202 g/mol. The number of nitrogens with zero attached hydrogens (tertiary/aromatic N) is 1. The van der Waals surface area contributed by atoms with Gasteiger partial charge in [0.1, 0.15) is 0 Å². The van der Waals surface area contributed by atoms with Gasteiger partial charge in [-0.25, -0.2) is 0 Å². The summed E-state index contributed by atoms with van der Waals surface area (Å²) < 4.78 is 2.07. The third-order valence-electron chi connectivity index (χ3n) is 3.27. The Labute approximate surface area is 96.0 Å². The number of rotatable bonds is 5. The van der Waals surface area contributed by atoms with Crippen molar-refractivity contribution in [3.63, 3.8) is 0 Å². The van der Waals surface area contributed by atoms with Crippen molar-refractivity contribution >= 4 is 5.91 Å². The summed E-state index contributed by atoms with van der Waals surface area (Å²) in [6.07, 6.45) is 4.01. The van der Waals surface area contributed by atoms with Gasteiger partial charge in [0.05, 0.1) is 0 Å². The van der Waals surface area contributed by atoms with Crippen LogP contribution >= 0.6 is 0 Å². The summed E-state index contributed by atoms with van der Waals surface area (Å²) in [6.45, 7) is 5.52. The SMILES string of the molecule is CC(C(=O)NCCn1cccc1)C1CNC1. The third-order valence-corrected chi connectivity index (χ3v) is 3.27. The first-order valence-corrected chi connectivity index (χ1v) is 5.86. The molecule has 4 heteroatoms. The lowest BCUT2D eigenvalue weighted by atomic mass is 9.88. The van der Waals surface area contributed by atoms with Crippen molar-refractivity contribution in [2.24, 2.45) is 11.8 Å². The molecule has 0 bridgehead atoms. The molecule has 1 aliphatic rings. The van der Waals surface area contributed by atoms with Gasteiger partial charge in [-0.1, -0.05) is 6.92 Å². The van der Waals surface area contributed by atoms with E-state index in [1.807, 2.05) is 31.5 Å². The van der Waals surface area contributed by atoms with E-state index < -0.39 is 0 Å². The molecule has 1 unspecified atom stereocenters. The number of aromatic nitrogens is 1. The summed E-state index contributed by atoms with van der Waals surface area (Å²) in [4.78, 5) is 11.8. The van der Waals surface area contributed by atoms with Crippen molar-refractivity contribution in [3.05, 3.63) is 24.5 Å². The molecule has 1 aliphatic heterocycles. The molecule has 1 atom stereocenters. The lowest BCUT2D eigenvalue weighted by Crippen LogP contribution is -2.49. The molecule has 1 aromatic heterocycles. The zero-order valence-electron chi connectivity index (χ0n) is 9.65. The van der Waals surface area contributed by atoms with Crippen LogP contribution < -0.4 is 10.6 Å². The second kappa shape index (κ2) is 5.16. The Balaban J connectivity index is 1.67. The zero-order valence-corrected chi connectivity index (χ0v) is 9.65. The summed E-state index contributed by atoms with van der Waals surface area (Å²) in [5.41, 5.74) is 0. The Bertz CT molecular complexity index is 330. The van der Waals surface area contributed by atoms with E-state index in [-0.39, 0.29) is 11.8 Å². The number of amides is 1. The first-order valence-electron chi connectivity index (χ1n) is 5.86. The third kappa shape index (κ3) is 2.64. The van der Waals surface area contributed by atoms with Gasteiger partial charge in [0, 0.05) is 31.4 Å². The highest BCUT2D eigenvalue weighted by molar-refractivity contribution is 5.78. The summed E-state index contributed by atoms with van der Waals surface area (Å²) in [5, 5.41) is 6.17. The molecule has 1 aromatic rings. The van der Waals surface area contributed by atoms with Crippen LogP contribution in [-0.2, 0) is 11.3 Å². The second-order valence-electron chi connectivity index (χ2n) is 4.42. The van der Waals surface area contributed by atoms with Gasteiger partial charge in [-0.05, 0) is 31.1 Å².